The molecule has 0 aliphatic heterocycles. The second kappa shape index (κ2) is 13.8. The number of ether oxygens (including phenoxy) is 3. The van der Waals surface area contributed by atoms with Crippen LogP contribution in [0.15, 0.2) is 71.6 Å². The summed E-state index contributed by atoms with van der Waals surface area (Å²) >= 11 is 3.32. The fourth-order valence-electron chi connectivity index (χ4n) is 4.21. The van der Waals surface area contributed by atoms with Gasteiger partial charge in [-0.2, -0.15) is 28.2 Å². The first kappa shape index (κ1) is 31.6. The van der Waals surface area contributed by atoms with E-state index in [1.54, 1.807) is 24.3 Å². The lowest BCUT2D eigenvalue weighted by molar-refractivity contribution is -0.139. The first-order chi connectivity index (χ1) is 20.5. The standard InChI is InChI=1S/C28H25BrF3N5O6/c1-41-15-20(16-42-2)37(26(38)18-3-5-19(29)6-4-18)24-8-7-21(12-22(24)27(39)40)43-25-23(28(30,31)32)11-17(13-33-25)14-36-34-9-10-35-36/h3-13,20H,14-16H2,1-2H3,(H,39,40). The molecule has 0 atom stereocenters. The number of aromatic carboxylic acids is 1. The van der Waals surface area contributed by atoms with Crippen molar-refractivity contribution in [2.24, 2.45) is 0 Å². The van der Waals surface area contributed by atoms with Crippen LogP contribution in [0.4, 0.5) is 18.9 Å². The predicted molar refractivity (Wildman–Crippen MR) is 150 cm³/mol. The van der Waals surface area contributed by atoms with E-state index in [1.807, 2.05) is 0 Å². The summed E-state index contributed by atoms with van der Waals surface area (Å²) in [7, 11) is 2.84. The molecule has 0 aliphatic rings. The molecular formula is C28H25BrF3N5O6. The zero-order valence-electron chi connectivity index (χ0n) is 22.8. The Morgan fingerprint density at radius 3 is 2.26 bits per heavy atom. The third-order valence-electron chi connectivity index (χ3n) is 6.07. The zero-order chi connectivity index (χ0) is 31.1. The van der Waals surface area contributed by atoms with E-state index in [0.29, 0.717) is 0 Å². The number of amides is 1. The molecule has 0 spiro atoms. The van der Waals surface area contributed by atoms with Gasteiger partial charge in [-0.15, -0.1) is 0 Å². The van der Waals surface area contributed by atoms with Crippen molar-refractivity contribution < 1.29 is 42.1 Å². The second-order valence-electron chi connectivity index (χ2n) is 9.09. The zero-order valence-corrected chi connectivity index (χ0v) is 24.4. The maximum atomic E-state index is 14.0. The molecule has 0 unspecified atom stereocenters. The Morgan fingerprint density at radius 2 is 1.67 bits per heavy atom. The minimum absolute atomic E-state index is 0.00726. The molecule has 226 valence electrons. The van der Waals surface area contributed by atoms with Gasteiger partial charge >= 0.3 is 12.1 Å². The average Bonchev–Trinajstić information content (AvgIpc) is 3.47. The molecule has 0 saturated heterocycles. The van der Waals surface area contributed by atoms with Gasteiger partial charge in [0.15, 0.2) is 0 Å². The van der Waals surface area contributed by atoms with Gasteiger partial charge in [-0.05, 0) is 54.1 Å². The van der Waals surface area contributed by atoms with Crippen LogP contribution >= 0.6 is 15.9 Å². The van der Waals surface area contributed by atoms with E-state index in [4.69, 9.17) is 14.2 Å². The van der Waals surface area contributed by atoms with E-state index in [9.17, 15) is 27.9 Å². The Kier molecular flexibility index (Phi) is 10.1. The van der Waals surface area contributed by atoms with Gasteiger partial charge in [0.2, 0.25) is 5.88 Å². The number of aromatic nitrogens is 4. The number of benzene rings is 2. The van der Waals surface area contributed by atoms with E-state index in [-0.39, 0.29) is 42.3 Å². The smallest absolute Gasteiger partial charge is 0.421 e. The number of carboxylic acid groups (broad SMARTS) is 1. The van der Waals surface area contributed by atoms with E-state index in [1.165, 1.54) is 54.6 Å². The molecule has 2 heterocycles. The minimum atomic E-state index is -4.84. The topological polar surface area (TPSA) is 129 Å². The number of carbonyl (C=O) groups excluding carboxylic acids is 1. The van der Waals surface area contributed by atoms with Crippen molar-refractivity contribution in [1.82, 2.24) is 20.0 Å². The molecule has 15 heteroatoms. The molecule has 0 saturated carbocycles. The Balaban J connectivity index is 1.75. The maximum absolute atomic E-state index is 14.0. The van der Waals surface area contributed by atoms with Gasteiger partial charge in [0, 0.05) is 30.5 Å². The van der Waals surface area contributed by atoms with Crippen LogP contribution in [0.25, 0.3) is 0 Å². The van der Waals surface area contributed by atoms with Crippen molar-refractivity contribution in [3.05, 3.63) is 93.8 Å². The van der Waals surface area contributed by atoms with Gasteiger partial charge in [0.05, 0.1) is 49.4 Å². The highest BCUT2D eigenvalue weighted by atomic mass is 79.9. The van der Waals surface area contributed by atoms with Crippen LogP contribution in [0.5, 0.6) is 11.6 Å². The molecule has 1 amide bonds. The van der Waals surface area contributed by atoms with Crippen LogP contribution < -0.4 is 9.64 Å². The third kappa shape index (κ3) is 7.74. The molecule has 0 radical (unpaired) electrons. The SMILES string of the molecule is COCC(COC)N(C(=O)c1ccc(Br)cc1)c1ccc(Oc2ncc(Cn3nccn3)cc2C(F)(F)F)cc1C(=O)O. The van der Waals surface area contributed by atoms with Crippen LogP contribution in [0.1, 0.15) is 31.8 Å². The summed E-state index contributed by atoms with van der Waals surface area (Å²) in [5.41, 5.74) is -1.21. The van der Waals surface area contributed by atoms with Crippen LogP contribution in [-0.2, 0) is 22.2 Å². The lowest BCUT2D eigenvalue weighted by Crippen LogP contribution is -2.46. The summed E-state index contributed by atoms with van der Waals surface area (Å²) < 4.78 is 58.7. The number of halogens is 4. The Hall–Kier alpha value is -4.34. The molecule has 0 bridgehead atoms. The first-order valence-electron chi connectivity index (χ1n) is 12.5. The third-order valence-corrected chi connectivity index (χ3v) is 6.60. The number of hydrogen-bond donors (Lipinski definition) is 1. The van der Waals surface area contributed by atoms with E-state index in [2.05, 4.69) is 31.1 Å². The summed E-state index contributed by atoms with van der Waals surface area (Å²) in [5.74, 6) is -3.03. The number of anilines is 1. The molecule has 1 N–H and O–H groups in total. The quantitative estimate of drug-likeness (QED) is 0.215. The number of rotatable bonds is 12. The number of hydrogen-bond acceptors (Lipinski definition) is 8. The van der Waals surface area contributed by atoms with E-state index >= 15 is 0 Å². The second-order valence-corrected chi connectivity index (χ2v) is 10.0. The molecular weight excluding hydrogens is 639 g/mol. The lowest BCUT2D eigenvalue weighted by atomic mass is 10.1. The Bertz CT molecular complexity index is 1560. The number of pyridine rings is 1. The van der Waals surface area contributed by atoms with Crippen LogP contribution in [0, 0.1) is 0 Å². The number of nitrogens with zero attached hydrogens (tertiary/aromatic N) is 5. The Morgan fingerprint density at radius 1 is 1.02 bits per heavy atom. The summed E-state index contributed by atoms with van der Waals surface area (Å²) in [6.07, 6.45) is -0.884. The van der Waals surface area contributed by atoms with Crippen molar-refractivity contribution in [2.75, 3.05) is 32.3 Å². The minimum Gasteiger partial charge on any atom is -0.478 e. The number of alkyl halides is 3. The molecule has 4 rings (SSSR count). The lowest BCUT2D eigenvalue weighted by Gasteiger charge is -2.32. The molecule has 11 nitrogen and oxygen atoms in total. The van der Waals surface area contributed by atoms with Crippen molar-refractivity contribution in [2.45, 2.75) is 18.8 Å². The van der Waals surface area contributed by atoms with Gasteiger partial charge in [0.25, 0.3) is 5.91 Å². The number of methoxy groups -OCH3 is 2. The fourth-order valence-corrected chi connectivity index (χ4v) is 4.48. The molecule has 0 aliphatic carbocycles. The summed E-state index contributed by atoms with van der Waals surface area (Å²) in [4.78, 5) is 32.4. The largest absolute Gasteiger partial charge is 0.478 e. The highest BCUT2D eigenvalue weighted by molar-refractivity contribution is 9.10. The fraction of sp³-hybridized carbons (Fsp3) is 0.250. The summed E-state index contributed by atoms with van der Waals surface area (Å²) in [6, 6.07) is 10.1. The average molecular weight is 664 g/mol. The number of carboxylic acids is 1. The Labute approximate surface area is 251 Å². The van der Waals surface area contributed by atoms with Crippen LogP contribution in [-0.4, -0.2) is 70.4 Å². The monoisotopic (exact) mass is 663 g/mol. The van der Waals surface area contributed by atoms with Gasteiger partial charge < -0.3 is 19.3 Å². The molecule has 2 aromatic heterocycles. The maximum Gasteiger partial charge on any atom is 0.421 e. The van der Waals surface area contributed by atoms with Gasteiger partial charge in [-0.1, -0.05) is 15.9 Å². The molecule has 43 heavy (non-hydrogen) atoms. The van der Waals surface area contributed by atoms with Gasteiger partial charge in [0.1, 0.15) is 11.3 Å². The van der Waals surface area contributed by atoms with Crippen LogP contribution in [0.2, 0.25) is 0 Å². The molecule has 4 aromatic rings. The van der Waals surface area contributed by atoms with Crippen LogP contribution in [0.3, 0.4) is 0 Å². The van der Waals surface area contributed by atoms with Gasteiger partial charge in [-0.25, -0.2) is 9.78 Å². The van der Waals surface area contributed by atoms with Crippen molar-refractivity contribution >= 4 is 33.5 Å². The highest BCUT2D eigenvalue weighted by Gasteiger charge is 2.36. The van der Waals surface area contributed by atoms with Crippen molar-refractivity contribution in [3.8, 4) is 11.6 Å². The number of carbonyl (C=O) groups is 2. The first-order valence-corrected chi connectivity index (χ1v) is 13.3. The summed E-state index contributed by atoms with van der Waals surface area (Å²) in [6.45, 7) is -0.0765. The van der Waals surface area contributed by atoms with Crippen molar-refractivity contribution in [3.63, 3.8) is 0 Å². The van der Waals surface area contributed by atoms with E-state index in [0.717, 1.165) is 16.6 Å². The van der Waals surface area contributed by atoms with Crippen molar-refractivity contribution in [1.29, 1.82) is 0 Å². The highest BCUT2D eigenvalue weighted by Crippen LogP contribution is 2.38. The normalized spacial score (nSPS) is 11.5. The van der Waals surface area contributed by atoms with E-state index < -0.39 is 41.1 Å². The van der Waals surface area contributed by atoms with Gasteiger partial charge in [-0.3, -0.25) is 9.69 Å². The molecule has 2 aromatic carbocycles. The molecule has 0 fully saturated rings. The predicted octanol–water partition coefficient (Wildman–Crippen LogP) is 5.30. The summed E-state index contributed by atoms with van der Waals surface area (Å²) in [5, 5.41) is 17.9.